The summed E-state index contributed by atoms with van der Waals surface area (Å²) in [7, 11) is 1.89. The molecule has 0 atom stereocenters. The van der Waals surface area contributed by atoms with Gasteiger partial charge in [0.1, 0.15) is 0 Å². The van der Waals surface area contributed by atoms with Gasteiger partial charge in [0.15, 0.2) is 0 Å². The van der Waals surface area contributed by atoms with Crippen LogP contribution in [-0.4, -0.2) is 45.9 Å². The predicted octanol–water partition coefficient (Wildman–Crippen LogP) is 0.424. The number of aryl methyl sites for hydroxylation is 1. The Morgan fingerprint density at radius 3 is 2.59 bits per heavy atom. The van der Waals surface area contributed by atoms with Gasteiger partial charge in [0.2, 0.25) is 5.95 Å². The summed E-state index contributed by atoms with van der Waals surface area (Å²) >= 11 is 0. The summed E-state index contributed by atoms with van der Waals surface area (Å²) in [6.45, 7) is 7.63. The van der Waals surface area contributed by atoms with Crippen molar-refractivity contribution in [3.8, 4) is 0 Å². The summed E-state index contributed by atoms with van der Waals surface area (Å²) in [6.07, 6.45) is 2.43. The molecule has 1 aliphatic heterocycles. The highest BCUT2D eigenvalue weighted by Gasteiger charge is 2.22. The summed E-state index contributed by atoms with van der Waals surface area (Å²) in [4.78, 5) is 2.27. The van der Waals surface area contributed by atoms with E-state index in [4.69, 9.17) is 0 Å². The summed E-state index contributed by atoms with van der Waals surface area (Å²) in [5.74, 6) is 1.68. The van der Waals surface area contributed by atoms with E-state index in [9.17, 15) is 0 Å². The molecule has 0 aromatic carbocycles. The Balaban J connectivity index is 1.80. The first-order valence-electron chi connectivity index (χ1n) is 6.37. The van der Waals surface area contributed by atoms with Crippen LogP contribution >= 0.6 is 0 Å². The number of hydrogen-bond acceptors (Lipinski definition) is 5. The zero-order valence-electron chi connectivity index (χ0n) is 10.9. The van der Waals surface area contributed by atoms with Crippen molar-refractivity contribution in [1.82, 2.24) is 25.5 Å². The van der Waals surface area contributed by atoms with Crippen LogP contribution in [0.1, 0.15) is 26.7 Å². The number of piperidine rings is 1. The average Bonchev–Trinajstić information content (AvgIpc) is 2.73. The number of nitrogens with one attached hydrogen (secondary N) is 1. The molecule has 1 fully saturated rings. The second kappa shape index (κ2) is 5.44. The Morgan fingerprint density at radius 1 is 1.35 bits per heavy atom. The first-order chi connectivity index (χ1) is 8.16. The van der Waals surface area contributed by atoms with Crippen LogP contribution in [0, 0.1) is 5.92 Å². The van der Waals surface area contributed by atoms with Gasteiger partial charge < -0.3 is 10.2 Å². The molecule has 1 N–H and O–H groups in total. The molecular formula is C11H22N6. The molecule has 1 aliphatic rings. The van der Waals surface area contributed by atoms with Crippen LogP contribution in [0.25, 0.3) is 0 Å². The molecule has 2 heterocycles. The van der Waals surface area contributed by atoms with E-state index in [0.717, 1.165) is 31.5 Å². The Bertz CT molecular complexity index is 339. The van der Waals surface area contributed by atoms with E-state index in [-0.39, 0.29) is 0 Å². The number of nitrogens with zero attached hydrogens (tertiary/aromatic N) is 5. The topological polar surface area (TPSA) is 58.9 Å². The summed E-state index contributed by atoms with van der Waals surface area (Å²) in [6, 6.07) is 0.580. The molecule has 6 heteroatoms. The monoisotopic (exact) mass is 238 g/mol. The molecule has 0 bridgehead atoms. The minimum atomic E-state index is 0.580. The molecule has 0 unspecified atom stereocenters. The Kier molecular flexibility index (Phi) is 3.93. The van der Waals surface area contributed by atoms with Crippen LogP contribution in [0.15, 0.2) is 0 Å². The predicted molar refractivity (Wildman–Crippen MR) is 66.9 cm³/mol. The average molecular weight is 238 g/mol. The SMILES string of the molecule is CC(C)NCC1CCN(c2nnnn2C)CC1. The lowest BCUT2D eigenvalue weighted by atomic mass is 9.97. The number of hydrogen-bond donors (Lipinski definition) is 1. The summed E-state index contributed by atoms with van der Waals surface area (Å²) in [5, 5.41) is 15.1. The van der Waals surface area contributed by atoms with Crippen molar-refractivity contribution in [2.75, 3.05) is 24.5 Å². The zero-order valence-corrected chi connectivity index (χ0v) is 10.9. The van der Waals surface area contributed by atoms with Crippen LogP contribution in [0.2, 0.25) is 0 Å². The highest BCUT2D eigenvalue weighted by atomic mass is 15.6. The number of tetrazole rings is 1. The van der Waals surface area contributed by atoms with Gasteiger partial charge in [0.05, 0.1) is 0 Å². The van der Waals surface area contributed by atoms with Gasteiger partial charge in [-0.2, -0.15) is 0 Å². The van der Waals surface area contributed by atoms with Gasteiger partial charge in [-0.05, 0) is 35.7 Å². The fraction of sp³-hybridized carbons (Fsp3) is 0.909. The minimum absolute atomic E-state index is 0.580. The molecule has 96 valence electrons. The van der Waals surface area contributed by atoms with Crippen molar-refractivity contribution in [3.63, 3.8) is 0 Å². The summed E-state index contributed by atoms with van der Waals surface area (Å²) in [5.41, 5.74) is 0. The minimum Gasteiger partial charge on any atom is -0.340 e. The van der Waals surface area contributed by atoms with Crippen molar-refractivity contribution in [3.05, 3.63) is 0 Å². The van der Waals surface area contributed by atoms with E-state index in [0.29, 0.717) is 6.04 Å². The lowest BCUT2D eigenvalue weighted by Crippen LogP contribution is -2.39. The second-order valence-electron chi connectivity index (χ2n) is 5.10. The van der Waals surface area contributed by atoms with Gasteiger partial charge >= 0.3 is 0 Å². The van der Waals surface area contributed by atoms with Gasteiger partial charge in [-0.25, -0.2) is 4.68 Å². The van der Waals surface area contributed by atoms with E-state index in [1.54, 1.807) is 4.68 Å². The number of anilines is 1. The number of aromatic nitrogens is 4. The van der Waals surface area contributed by atoms with Crippen molar-refractivity contribution < 1.29 is 0 Å². The fourth-order valence-corrected chi connectivity index (χ4v) is 2.23. The maximum Gasteiger partial charge on any atom is 0.245 e. The van der Waals surface area contributed by atoms with Crippen LogP contribution < -0.4 is 10.2 Å². The molecular weight excluding hydrogens is 216 g/mol. The third-order valence-corrected chi connectivity index (χ3v) is 3.31. The standard InChI is InChI=1S/C11H22N6/c1-9(2)12-8-10-4-6-17(7-5-10)11-13-14-15-16(11)3/h9-10,12H,4-8H2,1-3H3. The van der Waals surface area contributed by atoms with E-state index >= 15 is 0 Å². The molecule has 17 heavy (non-hydrogen) atoms. The number of rotatable bonds is 4. The lowest BCUT2D eigenvalue weighted by Gasteiger charge is -2.32. The van der Waals surface area contributed by atoms with Crippen LogP contribution in [0.3, 0.4) is 0 Å². The highest BCUT2D eigenvalue weighted by Crippen LogP contribution is 2.20. The fourth-order valence-electron chi connectivity index (χ4n) is 2.23. The Morgan fingerprint density at radius 2 is 2.06 bits per heavy atom. The molecule has 0 radical (unpaired) electrons. The third kappa shape index (κ3) is 3.15. The van der Waals surface area contributed by atoms with Crippen LogP contribution in [0.4, 0.5) is 5.95 Å². The van der Waals surface area contributed by atoms with Crippen LogP contribution in [-0.2, 0) is 7.05 Å². The van der Waals surface area contributed by atoms with Crippen molar-refractivity contribution >= 4 is 5.95 Å². The summed E-state index contributed by atoms with van der Waals surface area (Å²) < 4.78 is 1.74. The highest BCUT2D eigenvalue weighted by molar-refractivity contribution is 5.28. The molecule has 0 aliphatic carbocycles. The van der Waals surface area contributed by atoms with E-state index in [1.807, 2.05) is 7.05 Å². The van der Waals surface area contributed by atoms with E-state index in [2.05, 4.69) is 39.6 Å². The maximum absolute atomic E-state index is 4.05. The lowest BCUT2D eigenvalue weighted by molar-refractivity contribution is 0.367. The molecule has 1 aromatic heterocycles. The Labute approximate surface area is 102 Å². The van der Waals surface area contributed by atoms with Crippen molar-refractivity contribution in [1.29, 1.82) is 0 Å². The molecule has 1 saturated heterocycles. The molecule has 2 rings (SSSR count). The van der Waals surface area contributed by atoms with Gasteiger partial charge in [0, 0.05) is 26.2 Å². The molecule has 6 nitrogen and oxygen atoms in total. The largest absolute Gasteiger partial charge is 0.340 e. The van der Waals surface area contributed by atoms with Crippen molar-refractivity contribution in [2.24, 2.45) is 13.0 Å². The van der Waals surface area contributed by atoms with Gasteiger partial charge in [0.25, 0.3) is 0 Å². The molecule has 0 spiro atoms. The Hall–Kier alpha value is -1.17. The smallest absolute Gasteiger partial charge is 0.245 e. The first-order valence-corrected chi connectivity index (χ1v) is 6.37. The first kappa shape index (κ1) is 12.3. The third-order valence-electron chi connectivity index (χ3n) is 3.31. The zero-order chi connectivity index (χ0) is 12.3. The molecule has 1 aromatic rings. The van der Waals surface area contributed by atoms with Crippen molar-refractivity contribution in [2.45, 2.75) is 32.7 Å². The van der Waals surface area contributed by atoms with Gasteiger partial charge in [-0.3, -0.25) is 0 Å². The maximum atomic E-state index is 4.05. The van der Waals surface area contributed by atoms with Gasteiger partial charge in [-0.15, -0.1) is 0 Å². The van der Waals surface area contributed by atoms with Gasteiger partial charge in [-0.1, -0.05) is 18.9 Å². The quantitative estimate of drug-likeness (QED) is 0.824. The molecule has 0 amide bonds. The van der Waals surface area contributed by atoms with E-state index in [1.165, 1.54) is 12.8 Å². The van der Waals surface area contributed by atoms with Crippen LogP contribution in [0.5, 0.6) is 0 Å². The van der Waals surface area contributed by atoms with E-state index < -0.39 is 0 Å². The molecule has 0 saturated carbocycles. The second-order valence-corrected chi connectivity index (χ2v) is 5.10. The normalized spacial score (nSPS) is 18.0.